The molecule has 0 spiro atoms. The maximum absolute atomic E-state index is 12.7. The van der Waals surface area contributed by atoms with Gasteiger partial charge in [0.05, 0.1) is 20.8 Å². The first kappa shape index (κ1) is 22.2. The van der Waals surface area contributed by atoms with Crippen molar-refractivity contribution in [3.63, 3.8) is 0 Å². The number of carbonyl (C=O) groups excluding carboxylic acids is 3. The van der Waals surface area contributed by atoms with Gasteiger partial charge >= 0.3 is 11.9 Å². The number of anilines is 1. The van der Waals surface area contributed by atoms with Crippen molar-refractivity contribution >= 4 is 23.4 Å². The minimum atomic E-state index is -1.52. The van der Waals surface area contributed by atoms with Crippen LogP contribution in [0.4, 0.5) is 5.69 Å². The zero-order valence-corrected chi connectivity index (χ0v) is 17.5. The van der Waals surface area contributed by atoms with Gasteiger partial charge < -0.3 is 19.1 Å². The Balaban J connectivity index is 1.53. The fourth-order valence-electron chi connectivity index (χ4n) is 3.28. The van der Waals surface area contributed by atoms with Gasteiger partial charge in [-0.2, -0.15) is 0 Å². The Hall–Kier alpha value is -3.46. The number of aromatic nitrogens is 1. The molecule has 0 N–H and O–H groups in total. The second-order valence-electron chi connectivity index (χ2n) is 6.96. The lowest BCUT2D eigenvalue weighted by Crippen LogP contribution is -2.48. The van der Waals surface area contributed by atoms with Crippen molar-refractivity contribution < 1.29 is 28.6 Å². The predicted octanol–water partition coefficient (Wildman–Crippen LogP) is 1.18. The van der Waals surface area contributed by atoms with Crippen LogP contribution in [0, 0.1) is 0 Å². The Morgan fingerprint density at radius 1 is 0.903 bits per heavy atom. The van der Waals surface area contributed by atoms with Gasteiger partial charge in [-0.25, -0.2) is 9.59 Å². The summed E-state index contributed by atoms with van der Waals surface area (Å²) in [5.74, 6) is -1.49. The molecule has 1 fully saturated rings. The molecule has 0 aliphatic carbocycles. The van der Waals surface area contributed by atoms with E-state index in [0.717, 1.165) is 46.1 Å². The van der Waals surface area contributed by atoms with Crippen LogP contribution in [0.3, 0.4) is 0 Å². The smallest absolute Gasteiger partial charge is 0.359 e. The molecule has 1 aromatic carbocycles. The average Bonchev–Trinajstić information content (AvgIpc) is 2.83. The van der Waals surface area contributed by atoms with Crippen LogP contribution in [-0.4, -0.2) is 80.7 Å². The van der Waals surface area contributed by atoms with Crippen molar-refractivity contribution in [3.05, 3.63) is 54.4 Å². The number of esters is 2. The Morgan fingerprint density at radius 3 is 2.03 bits per heavy atom. The Bertz CT molecular complexity index is 879. The third-order valence-electron chi connectivity index (χ3n) is 5.03. The molecule has 0 atom stereocenters. The molecular weight excluding hydrogens is 402 g/mol. The summed E-state index contributed by atoms with van der Waals surface area (Å²) in [5, 5.41) is 0. The molecule has 0 radical (unpaired) electrons. The summed E-state index contributed by atoms with van der Waals surface area (Å²) in [6.45, 7) is 3.57. The van der Waals surface area contributed by atoms with Crippen LogP contribution in [0.25, 0.3) is 0 Å². The monoisotopic (exact) mass is 427 g/mol. The molecule has 0 saturated carbocycles. The molecule has 3 rings (SSSR count). The normalized spacial score (nSPS) is 14.2. The number of ether oxygens (including phenoxy) is 3. The first-order valence-corrected chi connectivity index (χ1v) is 9.84. The summed E-state index contributed by atoms with van der Waals surface area (Å²) in [6.07, 6.45) is 2.03. The quantitative estimate of drug-likeness (QED) is 0.349. The van der Waals surface area contributed by atoms with Crippen molar-refractivity contribution in [2.75, 3.05) is 51.8 Å². The van der Waals surface area contributed by atoms with Gasteiger partial charge in [0.2, 0.25) is 0 Å². The van der Waals surface area contributed by atoms with E-state index in [1.165, 1.54) is 12.1 Å². The number of methoxy groups -OCH3 is 2. The van der Waals surface area contributed by atoms with Crippen LogP contribution in [0.1, 0.15) is 10.4 Å². The van der Waals surface area contributed by atoms with Gasteiger partial charge in [-0.3, -0.25) is 14.7 Å². The molecule has 9 nitrogen and oxygen atoms in total. The van der Waals surface area contributed by atoms with Gasteiger partial charge in [-0.15, -0.1) is 0 Å². The number of ketones is 1. The van der Waals surface area contributed by atoms with Crippen LogP contribution in [0.2, 0.25) is 0 Å². The third kappa shape index (κ3) is 5.79. The van der Waals surface area contributed by atoms with E-state index in [1.54, 1.807) is 24.5 Å². The Labute approximate surface area is 180 Å². The molecule has 1 aliphatic rings. The number of hydrogen-bond acceptors (Lipinski definition) is 9. The Morgan fingerprint density at radius 2 is 1.48 bits per heavy atom. The highest BCUT2D eigenvalue weighted by Gasteiger charge is 2.31. The van der Waals surface area contributed by atoms with Crippen LogP contribution in [0.15, 0.2) is 48.8 Å². The molecule has 0 unspecified atom stereocenters. The van der Waals surface area contributed by atoms with E-state index in [4.69, 9.17) is 4.74 Å². The summed E-state index contributed by atoms with van der Waals surface area (Å²) >= 11 is 0. The number of pyridine rings is 1. The predicted molar refractivity (Wildman–Crippen MR) is 112 cm³/mol. The molecule has 9 heteroatoms. The van der Waals surface area contributed by atoms with Crippen molar-refractivity contribution in [1.82, 2.24) is 9.88 Å². The van der Waals surface area contributed by atoms with E-state index in [2.05, 4.69) is 24.3 Å². The fourth-order valence-corrected chi connectivity index (χ4v) is 3.28. The highest BCUT2D eigenvalue weighted by atomic mass is 16.6. The molecule has 1 aliphatic heterocycles. The zero-order valence-electron chi connectivity index (χ0n) is 17.5. The number of nitrogens with zero attached hydrogens (tertiary/aromatic N) is 3. The van der Waals surface area contributed by atoms with Gasteiger partial charge in [-0.05, 0) is 36.4 Å². The van der Waals surface area contributed by atoms with E-state index in [9.17, 15) is 14.4 Å². The minimum absolute atomic E-state index is 0.0126. The molecule has 164 valence electrons. The first-order chi connectivity index (χ1) is 15.0. The summed E-state index contributed by atoms with van der Waals surface area (Å²) < 4.78 is 14.5. The van der Waals surface area contributed by atoms with Crippen LogP contribution < -0.4 is 9.64 Å². The van der Waals surface area contributed by atoms with E-state index in [-0.39, 0.29) is 11.5 Å². The molecule has 31 heavy (non-hydrogen) atoms. The van der Waals surface area contributed by atoms with Gasteiger partial charge in [0.25, 0.3) is 6.10 Å². The number of piperazine rings is 1. The first-order valence-electron chi connectivity index (χ1n) is 9.84. The van der Waals surface area contributed by atoms with E-state index >= 15 is 0 Å². The second kappa shape index (κ2) is 10.5. The highest BCUT2D eigenvalue weighted by Crippen LogP contribution is 2.17. The second-order valence-corrected chi connectivity index (χ2v) is 6.96. The average molecular weight is 427 g/mol. The highest BCUT2D eigenvalue weighted by molar-refractivity contribution is 5.99. The van der Waals surface area contributed by atoms with E-state index < -0.39 is 18.0 Å². The summed E-state index contributed by atoms with van der Waals surface area (Å²) in [7, 11) is 2.31. The lowest BCUT2D eigenvalue weighted by molar-refractivity contribution is -0.163. The summed E-state index contributed by atoms with van der Waals surface area (Å²) in [6, 6.07) is 10.2. The molecule has 2 aromatic rings. The summed E-state index contributed by atoms with van der Waals surface area (Å²) in [5.41, 5.74) is 1.66. The number of benzene rings is 1. The third-order valence-corrected chi connectivity index (χ3v) is 5.03. The van der Waals surface area contributed by atoms with Gasteiger partial charge in [0.1, 0.15) is 5.75 Å². The maximum atomic E-state index is 12.7. The van der Waals surface area contributed by atoms with Crippen molar-refractivity contribution in [1.29, 1.82) is 0 Å². The van der Waals surface area contributed by atoms with Crippen LogP contribution in [0.5, 0.6) is 5.75 Å². The van der Waals surface area contributed by atoms with Gasteiger partial charge in [0, 0.05) is 49.8 Å². The maximum Gasteiger partial charge on any atom is 0.359 e. The van der Waals surface area contributed by atoms with Crippen molar-refractivity contribution in [2.45, 2.75) is 6.10 Å². The number of rotatable bonds is 8. The fraction of sp³-hybridized carbons (Fsp3) is 0.364. The topological polar surface area (TPSA) is 98.3 Å². The Kier molecular flexibility index (Phi) is 7.55. The van der Waals surface area contributed by atoms with Crippen LogP contribution >= 0.6 is 0 Å². The molecular formula is C22H25N3O6. The molecule has 0 bridgehead atoms. The van der Waals surface area contributed by atoms with E-state index in [0.29, 0.717) is 12.1 Å². The lowest BCUT2D eigenvalue weighted by Gasteiger charge is -2.35. The van der Waals surface area contributed by atoms with Crippen molar-refractivity contribution in [3.8, 4) is 5.75 Å². The molecule has 0 amide bonds. The number of hydrogen-bond donors (Lipinski definition) is 0. The molecule has 2 heterocycles. The van der Waals surface area contributed by atoms with E-state index in [1.807, 2.05) is 12.1 Å². The SMILES string of the molecule is COC(=O)C(Oc1ccc(C(=O)CN2CCN(c3ccncc3)CC2)cc1)C(=O)OC. The van der Waals surface area contributed by atoms with Gasteiger partial charge in [-0.1, -0.05) is 0 Å². The lowest BCUT2D eigenvalue weighted by atomic mass is 10.1. The van der Waals surface area contributed by atoms with Crippen LogP contribution in [-0.2, 0) is 19.1 Å². The number of Topliss-reactive ketones (excluding diaryl/α,β-unsaturated/α-hetero) is 1. The molecule has 1 aromatic heterocycles. The zero-order chi connectivity index (χ0) is 22.2. The largest absolute Gasteiger partial charge is 0.467 e. The van der Waals surface area contributed by atoms with Crippen molar-refractivity contribution in [2.24, 2.45) is 0 Å². The van der Waals surface area contributed by atoms with Gasteiger partial charge in [0.15, 0.2) is 5.78 Å². The molecule has 1 saturated heterocycles. The standard InChI is InChI=1S/C22H25N3O6/c1-29-21(27)20(22(28)30-2)31-18-5-3-16(4-6-18)19(26)15-24-11-13-25(14-12-24)17-7-9-23-10-8-17/h3-10,20H,11-15H2,1-2H3. The number of carbonyl (C=O) groups is 3. The minimum Gasteiger partial charge on any atom is -0.467 e. The summed E-state index contributed by atoms with van der Waals surface area (Å²) in [4.78, 5) is 44.5.